The Morgan fingerprint density at radius 3 is 2.51 bits per heavy atom. The van der Waals surface area contributed by atoms with Crippen molar-refractivity contribution in [2.75, 3.05) is 14.1 Å². The van der Waals surface area contributed by atoms with E-state index in [0.29, 0.717) is 52.6 Å². The molecule has 2 aliphatic heterocycles. The van der Waals surface area contributed by atoms with E-state index in [-0.39, 0.29) is 17.7 Å². The minimum absolute atomic E-state index is 0.0899. The van der Waals surface area contributed by atoms with Gasteiger partial charge in [0.15, 0.2) is 0 Å². The van der Waals surface area contributed by atoms with Gasteiger partial charge in [-0.1, -0.05) is 6.92 Å². The van der Waals surface area contributed by atoms with Crippen LogP contribution in [0.2, 0.25) is 0 Å². The van der Waals surface area contributed by atoms with Crippen LogP contribution in [0.25, 0.3) is 0 Å². The minimum atomic E-state index is -0.435. The molecule has 0 spiro atoms. The van der Waals surface area contributed by atoms with Gasteiger partial charge in [0.25, 0.3) is 11.8 Å². The average molecular weight is 476 g/mol. The molecule has 0 saturated heterocycles. The average Bonchev–Trinajstić information content (AvgIpc) is 3.14. The number of allylic oxidation sites excluding steroid dienone is 1. The summed E-state index contributed by atoms with van der Waals surface area (Å²) < 4.78 is 12.3. The molecule has 2 heterocycles. The van der Waals surface area contributed by atoms with Gasteiger partial charge in [0.2, 0.25) is 0 Å². The fourth-order valence-corrected chi connectivity index (χ4v) is 4.12. The summed E-state index contributed by atoms with van der Waals surface area (Å²) in [5.74, 6) is 1.64. The van der Waals surface area contributed by atoms with E-state index in [2.05, 4.69) is 10.3 Å². The number of aliphatic imine (C=N–C) groups is 1. The summed E-state index contributed by atoms with van der Waals surface area (Å²) in [5.41, 5.74) is 1.96. The second-order valence-electron chi connectivity index (χ2n) is 9.71. The first-order valence-electron chi connectivity index (χ1n) is 11.4. The largest absolute Gasteiger partial charge is 0.487 e. The Bertz CT molecular complexity index is 1240. The van der Waals surface area contributed by atoms with Crippen LogP contribution in [0.5, 0.6) is 17.2 Å². The van der Waals surface area contributed by atoms with Crippen molar-refractivity contribution in [1.82, 2.24) is 10.2 Å². The zero-order chi connectivity index (χ0) is 25.3. The number of hydrogen-bond donors (Lipinski definition) is 1. The highest BCUT2D eigenvalue weighted by atomic mass is 16.5. The first-order valence-corrected chi connectivity index (χ1v) is 11.4. The summed E-state index contributed by atoms with van der Waals surface area (Å²) in [6.45, 7) is 5.87. The number of amidine groups is 1. The topological polar surface area (TPSA) is 97.3 Å². The molecular weight excluding hydrogens is 446 g/mol. The van der Waals surface area contributed by atoms with Gasteiger partial charge in [0, 0.05) is 54.9 Å². The molecule has 1 unspecified atom stereocenters. The molecule has 8 nitrogen and oxygen atoms in total. The monoisotopic (exact) mass is 475 g/mol. The van der Waals surface area contributed by atoms with E-state index in [1.807, 2.05) is 20.8 Å². The van der Waals surface area contributed by atoms with E-state index in [1.165, 1.54) is 11.1 Å². The highest BCUT2D eigenvalue weighted by Crippen LogP contribution is 2.43. The van der Waals surface area contributed by atoms with Gasteiger partial charge < -0.3 is 19.7 Å². The van der Waals surface area contributed by atoms with Crippen molar-refractivity contribution >= 4 is 23.9 Å². The van der Waals surface area contributed by atoms with Gasteiger partial charge in [-0.2, -0.15) is 0 Å². The molecule has 2 aliphatic rings. The SMILES string of the molecule is CC1CC(C=O)=CN=C1NC(=O)c1cc(Oc2ccc(C(=O)N(C)C)cc2)c2c(c1)OC(C)(C)C2. The number of benzene rings is 2. The van der Waals surface area contributed by atoms with Crippen molar-refractivity contribution in [2.24, 2.45) is 10.9 Å². The second-order valence-corrected chi connectivity index (χ2v) is 9.71. The fourth-order valence-electron chi connectivity index (χ4n) is 4.12. The van der Waals surface area contributed by atoms with Gasteiger partial charge in [-0.25, -0.2) is 4.99 Å². The standard InChI is InChI=1S/C27H29N3O5/c1-16-10-17(15-31)14-28-24(16)29-25(32)19-11-22(21-13-27(2,3)35-23(21)12-19)34-20-8-6-18(7-9-20)26(33)30(4)5/h6-9,11-12,14-16H,10,13H2,1-5H3,(H,28,29,32). The molecule has 0 fully saturated rings. The molecule has 0 bridgehead atoms. The molecular formula is C27H29N3O5. The van der Waals surface area contributed by atoms with Crippen molar-refractivity contribution < 1.29 is 23.9 Å². The quantitative estimate of drug-likeness (QED) is 0.656. The number of ether oxygens (including phenoxy) is 2. The first kappa shape index (κ1) is 24.2. The van der Waals surface area contributed by atoms with E-state index in [0.717, 1.165) is 11.8 Å². The van der Waals surface area contributed by atoms with Gasteiger partial charge in [-0.3, -0.25) is 14.4 Å². The van der Waals surface area contributed by atoms with Crippen molar-refractivity contribution in [1.29, 1.82) is 0 Å². The third-order valence-electron chi connectivity index (χ3n) is 5.93. The molecule has 182 valence electrons. The lowest BCUT2D eigenvalue weighted by Crippen LogP contribution is -2.36. The van der Waals surface area contributed by atoms with Crippen LogP contribution in [0.3, 0.4) is 0 Å². The summed E-state index contributed by atoms with van der Waals surface area (Å²) in [7, 11) is 3.40. The Kier molecular flexibility index (Phi) is 6.47. The molecule has 0 aliphatic carbocycles. The highest BCUT2D eigenvalue weighted by molar-refractivity contribution is 6.08. The lowest BCUT2D eigenvalue weighted by Gasteiger charge is -2.19. The number of carbonyl (C=O) groups is 3. The number of amides is 2. The maximum atomic E-state index is 13.1. The first-order chi connectivity index (χ1) is 16.6. The normalized spacial score (nSPS) is 17.9. The van der Waals surface area contributed by atoms with Crippen LogP contribution in [-0.2, 0) is 11.2 Å². The van der Waals surface area contributed by atoms with Crippen LogP contribution in [0.4, 0.5) is 0 Å². The number of aldehydes is 1. The molecule has 2 aromatic rings. The number of carbonyl (C=O) groups excluding carboxylic acids is 3. The van der Waals surface area contributed by atoms with Crippen LogP contribution in [0, 0.1) is 5.92 Å². The van der Waals surface area contributed by atoms with Crippen LogP contribution in [-0.4, -0.2) is 48.5 Å². The van der Waals surface area contributed by atoms with Gasteiger partial charge in [-0.15, -0.1) is 0 Å². The number of nitrogens with zero attached hydrogens (tertiary/aromatic N) is 2. The lowest BCUT2D eigenvalue weighted by atomic mass is 9.98. The summed E-state index contributed by atoms with van der Waals surface area (Å²) in [6.07, 6.45) is 3.41. The van der Waals surface area contributed by atoms with Crippen molar-refractivity contribution in [2.45, 2.75) is 39.2 Å². The Morgan fingerprint density at radius 2 is 1.89 bits per heavy atom. The number of rotatable bonds is 5. The van der Waals surface area contributed by atoms with E-state index >= 15 is 0 Å². The third kappa shape index (κ3) is 5.26. The molecule has 8 heteroatoms. The van der Waals surface area contributed by atoms with E-state index in [9.17, 15) is 14.4 Å². The van der Waals surface area contributed by atoms with Gasteiger partial charge in [0.1, 0.15) is 35.0 Å². The minimum Gasteiger partial charge on any atom is -0.487 e. The van der Waals surface area contributed by atoms with Crippen LogP contribution >= 0.6 is 0 Å². The zero-order valence-corrected chi connectivity index (χ0v) is 20.5. The maximum Gasteiger partial charge on any atom is 0.256 e. The van der Waals surface area contributed by atoms with Crippen molar-refractivity contribution in [3.8, 4) is 17.2 Å². The predicted molar refractivity (Wildman–Crippen MR) is 132 cm³/mol. The van der Waals surface area contributed by atoms with Crippen LogP contribution in [0.15, 0.2) is 53.2 Å². The predicted octanol–water partition coefficient (Wildman–Crippen LogP) is 4.15. The number of nitrogens with one attached hydrogen (secondary N) is 1. The molecule has 1 atom stereocenters. The molecule has 0 radical (unpaired) electrons. The van der Waals surface area contributed by atoms with Crippen molar-refractivity contribution in [3.63, 3.8) is 0 Å². The second kappa shape index (κ2) is 9.37. The molecule has 0 aromatic heterocycles. The van der Waals surface area contributed by atoms with E-state index in [1.54, 1.807) is 50.5 Å². The maximum absolute atomic E-state index is 13.1. The lowest BCUT2D eigenvalue weighted by molar-refractivity contribution is -0.105. The molecule has 0 saturated carbocycles. The number of fused-ring (bicyclic) bond motifs is 1. The molecule has 4 rings (SSSR count). The van der Waals surface area contributed by atoms with E-state index in [4.69, 9.17) is 9.47 Å². The summed E-state index contributed by atoms with van der Waals surface area (Å²) in [6, 6.07) is 10.3. The highest BCUT2D eigenvalue weighted by Gasteiger charge is 2.34. The van der Waals surface area contributed by atoms with Gasteiger partial charge >= 0.3 is 0 Å². The Balaban J connectivity index is 1.62. The fraction of sp³-hybridized carbons (Fsp3) is 0.333. The molecule has 1 N–H and O–H groups in total. The Labute approximate surface area is 204 Å². The Morgan fingerprint density at radius 1 is 1.17 bits per heavy atom. The third-order valence-corrected chi connectivity index (χ3v) is 5.93. The molecule has 35 heavy (non-hydrogen) atoms. The van der Waals surface area contributed by atoms with Gasteiger partial charge in [-0.05, 0) is 56.7 Å². The summed E-state index contributed by atoms with van der Waals surface area (Å²) in [5, 5.41) is 2.86. The number of hydrogen-bond acceptors (Lipinski definition) is 6. The molecule has 2 amide bonds. The van der Waals surface area contributed by atoms with Crippen LogP contribution in [0.1, 0.15) is 53.5 Å². The van der Waals surface area contributed by atoms with Crippen molar-refractivity contribution in [3.05, 3.63) is 64.9 Å². The summed E-state index contributed by atoms with van der Waals surface area (Å²) >= 11 is 0. The molecule has 2 aromatic carbocycles. The zero-order valence-electron chi connectivity index (χ0n) is 20.5. The van der Waals surface area contributed by atoms with E-state index < -0.39 is 5.60 Å². The van der Waals surface area contributed by atoms with Crippen LogP contribution < -0.4 is 14.8 Å². The Hall–Kier alpha value is -3.94. The summed E-state index contributed by atoms with van der Waals surface area (Å²) in [4.78, 5) is 42.1. The smallest absolute Gasteiger partial charge is 0.256 e. The van der Waals surface area contributed by atoms with Gasteiger partial charge in [0.05, 0.1) is 0 Å².